The molecule has 0 aromatic carbocycles. The van der Waals surface area contributed by atoms with E-state index in [1.807, 2.05) is 6.92 Å². The molecule has 0 saturated heterocycles. The summed E-state index contributed by atoms with van der Waals surface area (Å²) < 4.78 is 9.98. The number of ether oxygens (including phenoxy) is 1. The predicted octanol–water partition coefficient (Wildman–Crippen LogP) is -0.359. The molecule has 1 rings (SSSR count). The fourth-order valence-corrected chi connectivity index (χ4v) is 0.906. The summed E-state index contributed by atoms with van der Waals surface area (Å²) in [7, 11) is 0. The van der Waals surface area contributed by atoms with Gasteiger partial charge in [0.1, 0.15) is 6.04 Å². The van der Waals surface area contributed by atoms with Crippen LogP contribution in [0.4, 0.5) is 0 Å². The SMILES string of the molecule is CCOCCc1noc([C@H](N)CO)n1. The number of aromatic nitrogens is 2. The van der Waals surface area contributed by atoms with Gasteiger partial charge in [0.25, 0.3) is 0 Å². The highest BCUT2D eigenvalue weighted by Gasteiger charge is 2.13. The smallest absolute Gasteiger partial charge is 0.245 e. The third-order valence-corrected chi connectivity index (χ3v) is 1.67. The standard InChI is InChI=1S/C8H15N3O3/c1-2-13-4-3-7-10-8(14-11-7)6(9)5-12/h6,12H,2-5,9H2,1H3/t6-/m1/s1. The van der Waals surface area contributed by atoms with Crippen LogP contribution in [0, 0.1) is 0 Å². The maximum Gasteiger partial charge on any atom is 0.245 e. The van der Waals surface area contributed by atoms with E-state index in [4.69, 9.17) is 20.1 Å². The number of rotatable bonds is 6. The summed E-state index contributed by atoms with van der Waals surface area (Å²) in [5, 5.41) is 12.4. The monoisotopic (exact) mass is 201 g/mol. The van der Waals surface area contributed by atoms with Crippen molar-refractivity contribution in [1.82, 2.24) is 10.1 Å². The van der Waals surface area contributed by atoms with Crippen LogP contribution in [0.5, 0.6) is 0 Å². The first kappa shape index (κ1) is 11.1. The van der Waals surface area contributed by atoms with Crippen LogP contribution in [0.3, 0.4) is 0 Å². The molecule has 80 valence electrons. The van der Waals surface area contributed by atoms with Crippen molar-refractivity contribution in [2.24, 2.45) is 5.73 Å². The molecule has 6 nitrogen and oxygen atoms in total. The Morgan fingerprint density at radius 2 is 2.43 bits per heavy atom. The second-order valence-electron chi connectivity index (χ2n) is 2.78. The Balaban J connectivity index is 2.42. The van der Waals surface area contributed by atoms with E-state index in [0.717, 1.165) is 0 Å². The van der Waals surface area contributed by atoms with E-state index in [0.29, 0.717) is 25.5 Å². The van der Waals surface area contributed by atoms with Gasteiger partial charge in [-0.1, -0.05) is 5.16 Å². The first-order valence-corrected chi connectivity index (χ1v) is 4.54. The van der Waals surface area contributed by atoms with E-state index < -0.39 is 6.04 Å². The van der Waals surface area contributed by atoms with Crippen molar-refractivity contribution < 1.29 is 14.4 Å². The molecule has 6 heteroatoms. The van der Waals surface area contributed by atoms with Crippen LogP contribution in [0.2, 0.25) is 0 Å². The maximum absolute atomic E-state index is 8.73. The minimum Gasteiger partial charge on any atom is -0.394 e. The molecule has 1 aromatic rings. The van der Waals surface area contributed by atoms with Gasteiger partial charge >= 0.3 is 0 Å². The van der Waals surface area contributed by atoms with Crippen LogP contribution >= 0.6 is 0 Å². The van der Waals surface area contributed by atoms with Gasteiger partial charge < -0.3 is 20.1 Å². The van der Waals surface area contributed by atoms with Gasteiger partial charge in [-0.2, -0.15) is 4.98 Å². The molecule has 0 bridgehead atoms. The summed E-state index contributed by atoms with van der Waals surface area (Å²) in [6, 6.07) is -0.594. The molecule has 0 unspecified atom stereocenters. The molecule has 3 N–H and O–H groups in total. The summed E-state index contributed by atoms with van der Waals surface area (Å²) in [5.74, 6) is 0.816. The predicted molar refractivity (Wildman–Crippen MR) is 48.5 cm³/mol. The van der Waals surface area contributed by atoms with Crippen LogP contribution in [0.25, 0.3) is 0 Å². The average Bonchev–Trinajstić information content (AvgIpc) is 2.66. The zero-order valence-electron chi connectivity index (χ0n) is 8.14. The van der Waals surface area contributed by atoms with Crippen LogP contribution in [0.15, 0.2) is 4.52 Å². The highest BCUT2D eigenvalue weighted by atomic mass is 16.5. The van der Waals surface area contributed by atoms with Gasteiger partial charge in [0.2, 0.25) is 5.89 Å². The lowest BCUT2D eigenvalue weighted by atomic mass is 10.3. The van der Waals surface area contributed by atoms with Gasteiger partial charge in [-0.15, -0.1) is 0 Å². The minimum absolute atomic E-state index is 0.201. The quantitative estimate of drug-likeness (QED) is 0.610. The van der Waals surface area contributed by atoms with E-state index >= 15 is 0 Å². The van der Waals surface area contributed by atoms with Gasteiger partial charge in [0.05, 0.1) is 13.2 Å². The number of aliphatic hydroxyl groups is 1. The average molecular weight is 201 g/mol. The van der Waals surface area contributed by atoms with Gasteiger partial charge in [-0.3, -0.25) is 0 Å². The molecule has 1 heterocycles. The third kappa shape index (κ3) is 3.06. The summed E-state index contributed by atoms with van der Waals surface area (Å²) in [4.78, 5) is 4.01. The molecule has 1 atom stereocenters. The molecule has 0 radical (unpaired) electrons. The molecular weight excluding hydrogens is 186 g/mol. The highest BCUT2D eigenvalue weighted by Crippen LogP contribution is 2.06. The van der Waals surface area contributed by atoms with Gasteiger partial charge in [0, 0.05) is 13.0 Å². The number of nitrogens with two attached hydrogens (primary N) is 1. The molecule has 0 aliphatic carbocycles. The van der Waals surface area contributed by atoms with E-state index in [-0.39, 0.29) is 12.5 Å². The summed E-state index contributed by atoms with van der Waals surface area (Å²) in [6.45, 7) is 2.95. The Hall–Kier alpha value is -0.980. The first-order valence-electron chi connectivity index (χ1n) is 4.54. The molecule has 0 fully saturated rings. The Kier molecular flexibility index (Phi) is 4.51. The summed E-state index contributed by atoms with van der Waals surface area (Å²) in [5.41, 5.74) is 5.48. The molecule has 0 spiro atoms. The largest absolute Gasteiger partial charge is 0.394 e. The van der Waals surface area contributed by atoms with Crippen LogP contribution in [-0.4, -0.2) is 35.1 Å². The molecular formula is C8H15N3O3. The Morgan fingerprint density at radius 3 is 3.07 bits per heavy atom. The minimum atomic E-state index is -0.594. The Bertz CT molecular complexity index is 264. The number of hydrogen-bond acceptors (Lipinski definition) is 6. The third-order valence-electron chi connectivity index (χ3n) is 1.67. The lowest BCUT2D eigenvalue weighted by Crippen LogP contribution is -2.14. The lowest BCUT2D eigenvalue weighted by molar-refractivity contribution is 0.149. The molecule has 1 aromatic heterocycles. The highest BCUT2D eigenvalue weighted by molar-refractivity contribution is 4.91. The van der Waals surface area contributed by atoms with Gasteiger partial charge in [0.15, 0.2) is 5.82 Å². The second kappa shape index (κ2) is 5.69. The molecule has 0 aliphatic rings. The molecule has 0 saturated carbocycles. The Morgan fingerprint density at radius 1 is 1.64 bits per heavy atom. The second-order valence-corrected chi connectivity index (χ2v) is 2.78. The van der Waals surface area contributed by atoms with Crippen LogP contribution in [-0.2, 0) is 11.2 Å². The van der Waals surface area contributed by atoms with Crippen molar-refractivity contribution in [3.63, 3.8) is 0 Å². The fourth-order valence-electron chi connectivity index (χ4n) is 0.906. The van der Waals surface area contributed by atoms with Crippen molar-refractivity contribution in [3.05, 3.63) is 11.7 Å². The zero-order chi connectivity index (χ0) is 10.4. The van der Waals surface area contributed by atoms with Crippen molar-refractivity contribution in [1.29, 1.82) is 0 Å². The molecule has 0 aliphatic heterocycles. The van der Waals surface area contributed by atoms with Crippen molar-refractivity contribution in [3.8, 4) is 0 Å². The van der Waals surface area contributed by atoms with E-state index in [2.05, 4.69) is 10.1 Å². The molecule has 0 amide bonds. The maximum atomic E-state index is 8.73. The number of hydrogen-bond donors (Lipinski definition) is 2. The number of nitrogens with zero attached hydrogens (tertiary/aromatic N) is 2. The normalized spacial score (nSPS) is 13.1. The molecule has 14 heavy (non-hydrogen) atoms. The van der Waals surface area contributed by atoms with E-state index in [1.54, 1.807) is 0 Å². The summed E-state index contributed by atoms with van der Waals surface area (Å²) >= 11 is 0. The van der Waals surface area contributed by atoms with Gasteiger partial charge in [-0.25, -0.2) is 0 Å². The van der Waals surface area contributed by atoms with Gasteiger partial charge in [-0.05, 0) is 6.92 Å². The number of aliphatic hydroxyl groups excluding tert-OH is 1. The zero-order valence-corrected chi connectivity index (χ0v) is 8.14. The lowest BCUT2D eigenvalue weighted by Gasteiger charge is -1.98. The van der Waals surface area contributed by atoms with Crippen molar-refractivity contribution >= 4 is 0 Å². The first-order chi connectivity index (χ1) is 6.77. The van der Waals surface area contributed by atoms with Crippen LogP contribution in [0.1, 0.15) is 24.7 Å². The Labute approximate surface area is 82.1 Å². The van der Waals surface area contributed by atoms with Crippen LogP contribution < -0.4 is 5.73 Å². The topological polar surface area (TPSA) is 94.4 Å². The van der Waals surface area contributed by atoms with E-state index in [9.17, 15) is 0 Å². The van der Waals surface area contributed by atoms with Crippen molar-refractivity contribution in [2.75, 3.05) is 19.8 Å². The fraction of sp³-hybridized carbons (Fsp3) is 0.750. The van der Waals surface area contributed by atoms with E-state index in [1.165, 1.54) is 0 Å². The summed E-state index contributed by atoms with van der Waals surface area (Å²) in [6.07, 6.45) is 0.593. The van der Waals surface area contributed by atoms with Crippen molar-refractivity contribution in [2.45, 2.75) is 19.4 Å².